The molecule has 666 valence electrons. The highest BCUT2D eigenvalue weighted by Gasteiger charge is 2.35. The molecule has 112 heavy (non-hydrogen) atoms. The van der Waals surface area contributed by atoms with Crippen LogP contribution in [0.15, 0.2) is 0 Å². The van der Waals surface area contributed by atoms with Crippen molar-refractivity contribution < 1.29 is 87.0 Å². The molecule has 0 heterocycles. The number of carbonyl (C=O) groups excluding carboxylic acids is 4. The number of rotatable bonds is 93. The highest BCUT2D eigenvalue weighted by Crippen LogP contribution is 2.30. The molecule has 0 spiro atoms. The van der Waals surface area contributed by atoms with Crippen LogP contribution in [-0.2, 0) is 66.5 Å². The second-order valence-electron chi connectivity index (χ2n) is 33.4. The molecule has 0 aliphatic rings. The minimum Gasteiger partial charge on any atom is -0.463 e. The van der Waals surface area contributed by atoms with Crippen molar-refractivity contribution in [3.63, 3.8) is 0 Å². The van der Waals surface area contributed by atoms with Gasteiger partial charge in [-0.3, -0.25) is 19.2 Å². The summed E-state index contributed by atoms with van der Waals surface area (Å²) in [6.45, 7) is 16.8. The summed E-state index contributed by atoms with van der Waals surface area (Å²) in [5.41, 5.74) is -1.20. The second-order valence-corrected chi connectivity index (χ2v) is 33.4. The zero-order valence-corrected chi connectivity index (χ0v) is 74.0. The van der Waals surface area contributed by atoms with Gasteiger partial charge in [-0.2, -0.15) is 0 Å². The minimum absolute atomic E-state index is 0.134. The zero-order valence-electron chi connectivity index (χ0n) is 74.0. The Morgan fingerprint density at radius 1 is 0.205 bits per heavy atom. The van der Waals surface area contributed by atoms with E-state index in [4.69, 9.17) is 47.4 Å². The summed E-state index contributed by atoms with van der Waals surface area (Å²) in [4.78, 5) is 51.0. The predicted molar refractivity (Wildman–Crippen MR) is 458 cm³/mol. The Labute approximate surface area is 688 Å². The predicted octanol–water partition coefficient (Wildman–Crippen LogP) is 23.0. The average molecular weight is 1600 g/mol. The molecule has 0 aromatic rings. The lowest BCUT2D eigenvalue weighted by Gasteiger charge is -2.36. The van der Waals surface area contributed by atoms with E-state index in [1.54, 1.807) is 0 Å². The molecule has 18 nitrogen and oxygen atoms in total. The molecule has 0 amide bonds. The Bertz CT molecular complexity index is 1920. The van der Waals surface area contributed by atoms with Crippen molar-refractivity contribution in [3.05, 3.63) is 0 Å². The fraction of sp³-hybridized carbons (Fsp3) is 0.957. The molecule has 4 N–H and O–H groups in total. The van der Waals surface area contributed by atoms with E-state index in [-0.39, 0.29) is 134 Å². The summed E-state index contributed by atoms with van der Waals surface area (Å²) in [5.74, 6) is -0.871. The van der Waals surface area contributed by atoms with Crippen LogP contribution in [0.5, 0.6) is 0 Å². The quantitative estimate of drug-likeness (QED) is 0.0251. The van der Waals surface area contributed by atoms with Crippen molar-refractivity contribution in [2.75, 3.05) is 106 Å². The molecule has 0 rings (SSSR count). The third-order valence-electron chi connectivity index (χ3n) is 22.5. The van der Waals surface area contributed by atoms with E-state index in [2.05, 4.69) is 41.5 Å². The number of hydrogen-bond donors (Lipinski definition) is 4. The summed E-state index contributed by atoms with van der Waals surface area (Å²) in [5, 5.41) is 41.1. The van der Waals surface area contributed by atoms with Crippen LogP contribution in [0.1, 0.15) is 440 Å². The van der Waals surface area contributed by atoms with Crippen LogP contribution in [0, 0.1) is 10.8 Å². The topological polar surface area (TPSA) is 241 Å². The van der Waals surface area contributed by atoms with Crippen molar-refractivity contribution in [3.8, 4) is 0 Å². The fourth-order valence-electron chi connectivity index (χ4n) is 14.5. The molecule has 18 heteroatoms. The second kappa shape index (κ2) is 84.9. The van der Waals surface area contributed by atoms with Crippen LogP contribution in [0.2, 0.25) is 0 Å². The Kier molecular flexibility index (Phi) is 83.0. The van der Waals surface area contributed by atoms with Gasteiger partial charge < -0.3 is 67.8 Å². The molecule has 0 aliphatic carbocycles. The van der Waals surface area contributed by atoms with Crippen molar-refractivity contribution in [2.45, 2.75) is 464 Å². The van der Waals surface area contributed by atoms with Crippen LogP contribution < -0.4 is 0 Å². The Morgan fingerprint density at radius 3 is 0.571 bits per heavy atom. The first-order valence-corrected chi connectivity index (χ1v) is 47.5. The van der Waals surface area contributed by atoms with Crippen LogP contribution in [-0.4, -0.2) is 174 Å². The molecule has 0 saturated carbocycles. The SMILES string of the molecule is CCCCCCC(O)CCCCCCCCCCC(=O)OCCOCCOCC(CC)(COCCOC(=O)CCCCCCCCCCC(O)CCCCCC)COCC(CC)(COCCOC(=O)CCCCCCCCCCC(O)CCCCCC)COCCOC(=O)CCCCCCCCCCC(O)CCCCCC. The third kappa shape index (κ3) is 76.2. The van der Waals surface area contributed by atoms with Crippen LogP contribution in [0.4, 0.5) is 0 Å². The van der Waals surface area contributed by atoms with Gasteiger partial charge in [0, 0.05) is 36.5 Å². The maximum Gasteiger partial charge on any atom is 0.305 e. The molecule has 0 aromatic carbocycles. The van der Waals surface area contributed by atoms with E-state index in [0.717, 1.165) is 225 Å². The van der Waals surface area contributed by atoms with E-state index < -0.39 is 10.8 Å². The standard InChI is InChI=1S/C94H182O18/c1-7-13-17-45-57-85(95)61-49-37-29-21-25-33-41-53-65-89(99)109-75-71-103-69-70-104-79-93(11-5,80-105-72-76-110-90(100)66-54-42-34-26-22-30-38-50-62-86(96)58-46-18-14-8-2)83-108-84-94(12-6,81-106-73-77-111-91(101)67-55-43-35-27-23-31-39-51-63-87(97)59-47-19-15-9-3)82-107-74-78-112-92(102)68-56-44-36-28-24-32-40-52-64-88(98)60-48-20-16-10-4/h85-88,95-98H,7-84H2,1-6H3. The van der Waals surface area contributed by atoms with Gasteiger partial charge in [0.15, 0.2) is 0 Å². The first kappa shape index (κ1) is 109. The zero-order chi connectivity index (χ0) is 81.8. The minimum atomic E-state index is -0.609. The average Bonchev–Trinajstić information content (AvgIpc) is 0.855. The maximum absolute atomic E-state index is 12.8. The number of hydrogen-bond acceptors (Lipinski definition) is 18. The maximum atomic E-state index is 12.8. The van der Waals surface area contributed by atoms with Gasteiger partial charge in [-0.25, -0.2) is 0 Å². The molecular weight excluding hydrogens is 1420 g/mol. The highest BCUT2D eigenvalue weighted by molar-refractivity contribution is 5.70. The Balaban J connectivity index is 5.57. The van der Waals surface area contributed by atoms with Crippen LogP contribution in [0.3, 0.4) is 0 Å². The van der Waals surface area contributed by atoms with Crippen molar-refractivity contribution >= 4 is 23.9 Å². The van der Waals surface area contributed by atoms with Gasteiger partial charge in [-0.05, 0) is 89.9 Å². The van der Waals surface area contributed by atoms with Crippen molar-refractivity contribution in [1.29, 1.82) is 0 Å². The molecule has 5 atom stereocenters. The van der Waals surface area contributed by atoms with E-state index in [1.165, 1.54) is 135 Å². The molecule has 0 saturated heterocycles. The largest absolute Gasteiger partial charge is 0.463 e. The van der Waals surface area contributed by atoms with Gasteiger partial charge >= 0.3 is 23.9 Å². The summed E-state index contributed by atoms with van der Waals surface area (Å²) in [6, 6.07) is 0. The molecule has 0 bridgehead atoms. The number of carbonyl (C=O) groups is 4. The molecule has 0 fully saturated rings. The lowest BCUT2D eigenvalue weighted by molar-refractivity contribution is -0.149. The van der Waals surface area contributed by atoms with Gasteiger partial charge in [0.05, 0.1) is 104 Å². The van der Waals surface area contributed by atoms with Gasteiger partial charge in [-0.1, -0.05) is 324 Å². The molecule has 0 radical (unpaired) electrons. The lowest BCUT2D eigenvalue weighted by Crippen LogP contribution is -2.42. The number of aliphatic hydroxyl groups excluding tert-OH is 4. The molecular formula is C94H182O18. The van der Waals surface area contributed by atoms with Gasteiger partial charge in [-0.15, -0.1) is 0 Å². The molecule has 0 aromatic heterocycles. The van der Waals surface area contributed by atoms with Crippen LogP contribution >= 0.6 is 0 Å². The van der Waals surface area contributed by atoms with Gasteiger partial charge in [0.25, 0.3) is 0 Å². The summed E-state index contributed by atoms with van der Waals surface area (Å²) >= 11 is 0. The fourth-order valence-corrected chi connectivity index (χ4v) is 14.5. The summed E-state index contributed by atoms with van der Waals surface area (Å²) in [6.07, 6.45) is 63.4. The summed E-state index contributed by atoms with van der Waals surface area (Å²) < 4.78 is 60.2. The smallest absolute Gasteiger partial charge is 0.305 e. The van der Waals surface area contributed by atoms with Crippen molar-refractivity contribution in [2.24, 2.45) is 10.8 Å². The first-order chi connectivity index (χ1) is 54.7. The number of aliphatic hydroxyl groups is 4. The van der Waals surface area contributed by atoms with E-state index in [9.17, 15) is 39.6 Å². The van der Waals surface area contributed by atoms with Gasteiger partial charge in [0.1, 0.15) is 26.4 Å². The third-order valence-corrected chi connectivity index (χ3v) is 22.5. The summed E-state index contributed by atoms with van der Waals surface area (Å²) in [7, 11) is 0. The van der Waals surface area contributed by atoms with E-state index in [1.807, 2.05) is 0 Å². The lowest BCUT2D eigenvalue weighted by atomic mass is 9.86. The van der Waals surface area contributed by atoms with Crippen LogP contribution in [0.25, 0.3) is 0 Å². The molecule has 5 unspecified atom stereocenters. The van der Waals surface area contributed by atoms with E-state index >= 15 is 0 Å². The first-order valence-electron chi connectivity index (χ1n) is 47.5. The highest BCUT2D eigenvalue weighted by atomic mass is 16.6. The normalized spacial score (nSPS) is 13.9. The monoisotopic (exact) mass is 1600 g/mol. The Hall–Kier alpha value is -2.52. The number of unbranched alkanes of at least 4 members (excludes halogenated alkanes) is 40. The number of esters is 4. The molecule has 0 aliphatic heterocycles. The number of ether oxygens (including phenoxy) is 10. The van der Waals surface area contributed by atoms with Crippen molar-refractivity contribution in [1.82, 2.24) is 0 Å². The van der Waals surface area contributed by atoms with E-state index in [0.29, 0.717) is 58.3 Å². The van der Waals surface area contributed by atoms with Gasteiger partial charge in [0.2, 0.25) is 0 Å². The Morgan fingerprint density at radius 2 is 0.366 bits per heavy atom.